The Bertz CT molecular complexity index is 638. The fourth-order valence-electron chi connectivity index (χ4n) is 1.84. The molecule has 1 aliphatic rings. The van der Waals surface area contributed by atoms with Gasteiger partial charge in [0, 0.05) is 23.6 Å². The van der Waals surface area contributed by atoms with Crippen molar-refractivity contribution in [3.63, 3.8) is 0 Å². The normalized spacial score (nSPS) is 13.5. The first-order valence-electron chi connectivity index (χ1n) is 6.12. The second-order valence-electron chi connectivity index (χ2n) is 4.10. The number of carbonyl (C=O) groups is 1. The molecule has 2 heterocycles. The molecular weight excluding hydrogens is 276 g/mol. The van der Waals surface area contributed by atoms with Gasteiger partial charge in [-0.1, -0.05) is 18.2 Å². The van der Waals surface area contributed by atoms with Crippen LogP contribution in [0.4, 0.5) is 9.93 Å². The monoisotopic (exact) mass is 288 g/mol. The zero-order valence-electron chi connectivity index (χ0n) is 10.5. The summed E-state index contributed by atoms with van der Waals surface area (Å²) in [6, 6.07) is 7.64. The Kier molecular flexibility index (Phi) is 3.64. The molecule has 0 radical (unpaired) electrons. The van der Waals surface area contributed by atoms with Crippen molar-refractivity contribution >= 4 is 28.6 Å². The summed E-state index contributed by atoms with van der Waals surface area (Å²) >= 11 is 1.34. The van der Waals surface area contributed by atoms with Gasteiger partial charge in [0.05, 0.1) is 6.61 Å². The van der Waals surface area contributed by atoms with E-state index < -0.39 is 6.09 Å². The average Bonchev–Trinajstić information content (AvgIpc) is 2.85. The molecule has 20 heavy (non-hydrogen) atoms. The number of thiazole rings is 1. The maximum absolute atomic E-state index is 11.8. The number of hydrogen-bond acceptors (Lipinski definition) is 5. The van der Waals surface area contributed by atoms with Crippen LogP contribution in [0.25, 0.3) is 6.08 Å². The van der Waals surface area contributed by atoms with Crippen LogP contribution in [0.2, 0.25) is 0 Å². The summed E-state index contributed by atoms with van der Waals surface area (Å²) in [7, 11) is 0. The molecule has 0 fully saturated rings. The van der Waals surface area contributed by atoms with Gasteiger partial charge in [0.2, 0.25) is 0 Å². The van der Waals surface area contributed by atoms with Crippen LogP contribution in [0.15, 0.2) is 41.6 Å². The third-order valence-electron chi connectivity index (χ3n) is 2.71. The second-order valence-corrected chi connectivity index (χ2v) is 4.99. The summed E-state index contributed by atoms with van der Waals surface area (Å²) in [4.78, 5) is 15.7. The van der Waals surface area contributed by atoms with E-state index in [2.05, 4.69) is 10.3 Å². The van der Waals surface area contributed by atoms with Gasteiger partial charge in [0.25, 0.3) is 0 Å². The molecule has 0 bridgehead atoms. The highest BCUT2D eigenvalue weighted by Gasteiger charge is 2.13. The Morgan fingerprint density at radius 2 is 2.30 bits per heavy atom. The first kappa shape index (κ1) is 12.7. The molecule has 0 saturated carbocycles. The predicted octanol–water partition coefficient (Wildman–Crippen LogP) is 3.52. The van der Waals surface area contributed by atoms with Gasteiger partial charge >= 0.3 is 6.09 Å². The lowest BCUT2D eigenvalue weighted by Crippen LogP contribution is -2.13. The van der Waals surface area contributed by atoms with E-state index in [1.165, 1.54) is 11.3 Å². The minimum absolute atomic E-state index is 0.480. The standard InChI is InChI=1S/C14H12N2O3S/c17-14(16-13-15-6-8-20-13)19-11-5-7-18-12-4-2-1-3-10(12)9-11/h1-4,6,8-9H,5,7H2,(H,15,16,17). The third-order valence-corrected chi connectivity index (χ3v) is 3.40. The van der Waals surface area contributed by atoms with Gasteiger partial charge in [0.1, 0.15) is 11.5 Å². The highest BCUT2D eigenvalue weighted by atomic mass is 32.1. The van der Waals surface area contributed by atoms with Gasteiger partial charge in [-0.2, -0.15) is 0 Å². The molecule has 0 aliphatic carbocycles. The van der Waals surface area contributed by atoms with Gasteiger partial charge < -0.3 is 9.47 Å². The second kappa shape index (κ2) is 5.75. The lowest BCUT2D eigenvalue weighted by atomic mass is 10.2. The summed E-state index contributed by atoms with van der Waals surface area (Å²) < 4.78 is 10.9. The molecule has 3 rings (SSSR count). The van der Waals surface area contributed by atoms with Crippen molar-refractivity contribution in [1.82, 2.24) is 4.98 Å². The van der Waals surface area contributed by atoms with Crippen molar-refractivity contribution in [2.45, 2.75) is 6.42 Å². The number of rotatable bonds is 2. The number of nitrogens with one attached hydrogen (secondary N) is 1. The van der Waals surface area contributed by atoms with Crippen molar-refractivity contribution in [2.24, 2.45) is 0 Å². The largest absolute Gasteiger partial charge is 0.492 e. The quantitative estimate of drug-likeness (QED) is 0.918. The van der Waals surface area contributed by atoms with E-state index in [-0.39, 0.29) is 0 Å². The van der Waals surface area contributed by atoms with E-state index in [0.29, 0.717) is 23.9 Å². The van der Waals surface area contributed by atoms with E-state index >= 15 is 0 Å². The zero-order valence-corrected chi connectivity index (χ0v) is 11.4. The highest BCUT2D eigenvalue weighted by molar-refractivity contribution is 7.13. The van der Waals surface area contributed by atoms with Crippen LogP contribution in [0.3, 0.4) is 0 Å². The lowest BCUT2D eigenvalue weighted by Gasteiger charge is -2.06. The number of carbonyl (C=O) groups excluding carboxylic acids is 1. The first-order valence-corrected chi connectivity index (χ1v) is 7.00. The molecule has 102 valence electrons. The minimum atomic E-state index is -0.536. The van der Waals surface area contributed by atoms with E-state index in [0.717, 1.165) is 11.3 Å². The first-order chi connectivity index (χ1) is 9.81. The van der Waals surface area contributed by atoms with Crippen LogP contribution < -0.4 is 10.1 Å². The van der Waals surface area contributed by atoms with Gasteiger partial charge in [-0.15, -0.1) is 11.3 Å². The number of benzene rings is 1. The molecular formula is C14H12N2O3S. The van der Waals surface area contributed by atoms with Crippen LogP contribution in [0.1, 0.15) is 12.0 Å². The molecule has 0 unspecified atom stereocenters. The van der Waals surface area contributed by atoms with Crippen molar-refractivity contribution < 1.29 is 14.3 Å². The van der Waals surface area contributed by atoms with Gasteiger partial charge in [-0.3, -0.25) is 5.32 Å². The molecule has 1 aliphatic heterocycles. The topological polar surface area (TPSA) is 60.5 Å². The molecule has 1 aromatic carbocycles. The number of nitrogens with zero attached hydrogens (tertiary/aromatic N) is 1. The smallest absolute Gasteiger partial charge is 0.418 e. The lowest BCUT2D eigenvalue weighted by molar-refractivity contribution is 0.185. The van der Waals surface area contributed by atoms with Crippen LogP contribution >= 0.6 is 11.3 Å². The molecule has 5 nitrogen and oxygen atoms in total. The number of fused-ring (bicyclic) bond motifs is 1. The maximum atomic E-state index is 11.8. The van der Waals surface area contributed by atoms with Crippen molar-refractivity contribution in [3.05, 3.63) is 47.2 Å². The Balaban J connectivity index is 1.71. The summed E-state index contributed by atoms with van der Waals surface area (Å²) in [5, 5.41) is 4.88. The fourth-order valence-corrected chi connectivity index (χ4v) is 2.35. The van der Waals surface area contributed by atoms with Gasteiger partial charge in [-0.25, -0.2) is 9.78 Å². The predicted molar refractivity (Wildman–Crippen MR) is 76.7 cm³/mol. The molecule has 1 aromatic heterocycles. The van der Waals surface area contributed by atoms with Crippen LogP contribution in [0.5, 0.6) is 5.75 Å². The summed E-state index contributed by atoms with van der Waals surface area (Å²) in [6.45, 7) is 0.480. The Morgan fingerprint density at radius 1 is 1.40 bits per heavy atom. The molecule has 0 saturated heterocycles. The van der Waals surface area contributed by atoms with E-state index in [1.54, 1.807) is 11.6 Å². The Morgan fingerprint density at radius 3 is 3.15 bits per heavy atom. The van der Waals surface area contributed by atoms with Crippen molar-refractivity contribution in [2.75, 3.05) is 11.9 Å². The third kappa shape index (κ3) is 2.97. The average molecular weight is 288 g/mol. The molecule has 6 heteroatoms. The molecule has 1 amide bonds. The van der Waals surface area contributed by atoms with E-state index in [4.69, 9.17) is 9.47 Å². The number of para-hydroxylation sites is 1. The molecule has 1 N–H and O–H groups in total. The Labute approximate surface area is 119 Å². The maximum Gasteiger partial charge on any atom is 0.418 e. The number of anilines is 1. The SMILES string of the molecule is O=C(Nc1nccs1)OC1=Cc2ccccc2OCC1. The van der Waals surface area contributed by atoms with Crippen molar-refractivity contribution in [1.29, 1.82) is 0 Å². The van der Waals surface area contributed by atoms with Crippen LogP contribution in [-0.2, 0) is 4.74 Å². The number of amides is 1. The Hall–Kier alpha value is -2.34. The highest BCUT2D eigenvalue weighted by Crippen LogP contribution is 2.26. The van der Waals surface area contributed by atoms with Crippen LogP contribution in [-0.4, -0.2) is 17.7 Å². The number of hydrogen-bond donors (Lipinski definition) is 1. The summed E-state index contributed by atoms with van der Waals surface area (Å²) in [5.74, 6) is 1.37. The van der Waals surface area contributed by atoms with Crippen LogP contribution in [0, 0.1) is 0 Å². The van der Waals surface area contributed by atoms with E-state index in [9.17, 15) is 4.79 Å². The fraction of sp³-hybridized carbons (Fsp3) is 0.143. The summed E-state index contributed by atoms with van der Waals surface area (Å²) in [5.41, 5.74) is 0.905. The van der Waals surface area contributed by atoms with Crippen molar-refractivity contribution in [3.8, 4) is 5.75 Å². The summed E-state index contributed by atoms with van der Waals surface area (Å²) in [6.07, 6.45) is 3.45. The zero-order chi connectivity index (χ0) is 13.8. The molecule has 2 aromatic rings. The minimum Gasteiger partial charge on any atom is -0.492 e. The van der Waals surface area contributed by atoms with E-state index in [1.807, 2.05) is 30.3 Å². The number of ether oxygens (including phenoxy) is 2. The molecule has 0 atom stereocenters. The van der Waals surface area contributed by atoms with Gasteiger partial charge in [0.15, 0.2) is 5.13 Å². The molecule has 0 spiro atoms. The number of aromatic nitrogens is 1. The van der Waals surface area contributed by atoms with Gasteiger partial charge in [-0.05, 0) is 12.1 Å².